The van der Waals surface area contributed by atoms with E-state index in [1.165, 1.54) is 12.8 Å². The molecule has 2 amide bonds. The molecule has 1 aliphatic carbocycles. The van der Waals surface area contributed by atoms with Crippen molar-refractivity contribution < 1.29 is 9.59 Å². The zero-order valence-electron chi connectivity index (χ0n) is 12.0. The van der Waals surface area contributed by atoms with Crippen molar-refractivity contribution in [1.82, 2.24) is 9.80 Å². The van der Waals surface area contributed by atoms with Crippen molar-refractivity contribution in [3.8, 4) is 0 Å². The molecule has 0 radical (unpaired) electrons. The number of carbonyl (C=O) groups excluding carboxylic acids is 2. The third-order valence-corrected chi connectivity index (χ3v) is 4.62. The van der Waals surface area contributed by atoms with Crippen molar-refractivity contribution in [1.29, 1.82) is 0 Å². The molecule has 0 aromatic heterocycles. The molecule has 0 spiro atoms. The molecule has 5 nitrogen and oxygen atoms in total. The van der Waals surface area contributed by atoms with Crippen molar-refractivity contribution in [2.75, 3.05) is 20.1 Å². The molecular weight excluding hydrogens is 242 g/mol. The number of rotatable bonds is 4. The van der Waals surface area contributed by atoms with Gasteiger partial charge in [0.1, 0.15) is 0 Å². The molecular formula is C14H25N3O2. The van der Waals surface area contributed by atoms with E-state index in [-0.39, 0.29) is 23.8 Å². The van der Waals surface area contributed by atoms with Crippen LogP contribution in [-0.2, 0) is 9.59 Å². The van der Waals surface area contributed by atoms with Gasteiger partial charge in [0.05, 0.1) is 5.92 Å². The van der Waals surface area contributed by atoms with E-state index in [4.69, 9.17) is 5.73 Å². The molecule has 1 aliphatic heterocycles. The lowest BCUT2D eigenvalue weighted by molar-refractivity contribution is -0.136. The fourth-order valence-electron chi connectivity index (χ4n) is 3.13. The van der Waals surface area contributed by atoms with Crippen molar-refractivity contribution >= 4 is 11.8 Å². The Morgan fingerprint density at radius 3 is 2.68 bits per heavy atom. The average Bonchev–Trinajstić information content (AvgIpc) is 3.04. The normalized spacial score (nSPS) is 25.9. The van der Waals surface area contributed by atoms with Crippen LogP contribution in [0.15, 0.2) is 0 Å². The minimum Gasteiger partial charge on any atom is -0.341 e. The highest BCUT2D eigenvalue weighted by Crippen LogP contribution is 2.30. The molecule has 1 saturated heterocycles. The molecule has 2 unspecified atom stereocenters. The van der Waals surface area contributed by atoms with Crippen LogP contribution in [0.5, 0.6) is 0 Å². The highest BCUT2D eigenvalue weighted by atomic mass is 16.2. The second-order valence-corrected chi connectivity index (χ2v) is 5.92. The Hall–Kier alpha value is -1.10. The molecule has 1 saturated carbocycles. The molecule has 1 heterocycles. The zero-order valence-corrected chi connectivity index (χ0v) is 12.0. The summed E-state index contributed by atoms with van der Waals surface area (Å²) in [6.07, 6.45) is 4.98. The number of carbonyl (C=O) groups is 2. The standard InChI is InChI=1S/C14H25N3O2/c1-10(8-15)16(2)14(19)11-7-13(18)17(9-11)12-5-3-4-6-12/h10-12H,3-9,15H2,1-2H3. The summed E-state index contributed by atoms with van der Waals surface area (Å²) in [5.74, 6) is 0.0398. The van der Waals surface area contributed by atoms with Gasteiger partial charge in [0.2, 0.25) is 11.8 Å². The SMILES string of the molecule is CC(CN)N(C)C(=O)C1CC(=O)N(C2CCCC2)C1. The van der Waals surface area contributed by atoms with E-state index in [1.807, 2.05) is 11.8 Å². The molecule has 19 heavy (non-hydrogen) atoms. The summed E-state index contributed by atoms with van der Waals surface area (Å²) in [4.78, 5) is 28.0. The average molecular weight is 267 g/mol. The lowest BCUT2D eigenvalue weighted by Crippen LogP contribution is -2.43. The molecule has 0 aromatic rings. The first-order valence-corrected chi connectivity index (χ1v) is 7.30. The van der Waals surface area contributed by atoms with Gasteiger partial charge in [0.15, 0.2) is 0 Å². The molecule has 108 valence electrons. The number of hydrogen-bond acceptors (Lipinski definition) is 3. The Labute approximate surface area is 115 Å². The van der Waals surface area contributed by atoms with Gasteiger partial charge in [0, 0.05) is 38.6 Å². The van der Waals surface area contributed by atoms with Crippen LogP contribution in [0.3, 0.4) is 0 Å². The first-order chi connectivity index (χ1) is 9.04. The van der Waals surface area contributed by atoms with Crippen molar-refractivity contribution in [2.45, 2.75) is 51.1 Å². The van der Waals surface area contributed by atoms with Gasteiger partial charge in [-0.1, -0.05) is 12.8 Å². The van der Waals surface area contributed by atoms with Crippen molar-refractivity contribution in [3.63, 3.8) is 0 Å². The Kier molecular flexibility index (Phi) is 4.45. The summed E-state index contributed by atoms with van der Waals surface area (Å²) in [5.41, 5.74) is 5.59. The van der Waals surface area contributed by atoms with Crippen LogP contribution >= 0.6 is 0 Å². The number of likely N-dealkylation sites (N-methyl/N-ethyl adjacent to an activating group) is 1. The van der Waals surface area contributed by atoms with Crippen LogP contribution in [-0.4, -0.2) is 53.8 Å². The summed E-state index contributed by atoms with van der Waals surface area (Å²) in [6, 6.07) is 0.408. The number of nitrogens with zero attached hydrogens (tertiary/aromatic N) is 2. The van der Waals surface area contributed by atoms with E-state index in [9.17, 15) is 9.59 Å². The second kappa shape index (κ2) is 5.90. The summed E-state index contributed by atoms with van der Waals surface area (Å²) in [7, 11) is 1.78. The predicted octanol–water partition coefficient (Wildman–Crippen LogP) is 0.583. The van der Waals surface area contributed by atoms with Crippen LogP contribution in [0.25, 0.3) is 0 Å². The largest absolute Gasteiger partial charge is 0.341 e. The highest BCUT2D eigenvalue weighted by Gasteiger charge is 2.39. The highest BCUT2D eigenvalue weighted by molar-refractivity contribution is 5.89. The summed E-state index contributed by atoms with van der Waals surface area (Å²) < 4.78 is 0. The molecule has 0 bridgehead atoms. The second-order valence-electron chi connectivity index (χ2n) is 5.92. The van der Waals surface area contributed by atoms with Gasteiger partial charge in [-0.25, -0.2) is 0 Å². The molecule has 2 atom stereocenters. The maximum Gasteiger partial charge on any atom is 0.228 e. The van der Waals surface area contributed by atoms with Gasteiger partial charge in [0.25, 0.3) is 0 Å². The monoisotopic (exact) mass is 267 g/mol. The van der Waals surface area contributed by atoms with Crippen LogP contribution in [0.2, 0.25) is 0 Å². The first-order valence-electron chi connectivity index (χ1n) is 7.30. The maximum atomic E-state index is 12.3. The van der Waals surface area contributed by atoms with E-state index < -0.39 is 0 Å². The van der Waals surface area contributed by atoms with Crippen molar-refractivity contribution in [3.05, 3.63) is 0 Å². The third-order valence-electron chi connectivity index (χ3n) is 4.62. The predicted molar refractivity (Wildman–Crippen MR) is 73.4 cm³/mol. The Morgan fingerprint density at radius 2 is 2.11 bits per heavy atom. The van der Waals surface area contributed by atoms with Crippen molar-refractivity contribution in [2.24, 2.45) is 11.7 Å². The lowest BCUT2D eigenvalue weighted by Gasteiger charge is -2.27. The minimum atomic E-state index is -0.174. The fraction of sp³-hybridized carbons (Fsp3) is 0.857. The van der Waals surface area contributed by atoms with Gasteiger partial charge in [-0.05, 0) is 19.8 Å². The van der Waals surface area contributed by atoms with Crippen LogP contribution in [0.1, 0.15) is 39.0 Å². The van der Waals surface area contributed by atoms with Crippen LogP contribution < -0.4 is 5.73 Å². The van der Waals surface area contributed by atoms with E-state index in [2.05, 4.69) is 0 Å². The van der Waals surface area contributed by atoms with E-state index >= 15 is 0 Å². The van der Waals surface area contributed by atoms with Crippen LogP contribution in [0, 0.1) is 5.92 Å². The van der Waals surface area contributed by atoms with Gasteiger partial charge in [-0.3, -0.25) is 9.59 Å². The third kappa shape index (κ3) is 2.91. The number of amides is 2. The van der Waals surface area contributed by atoms with E-state index in [0.29, 0.717) is 25.6 Å². The molecule has 0 aromatic carbocycles. The number of hydrogen-bond donors (Lipinski definition) is 1. The topological polar surface area (TPSA) is 66.6 Å². The number of nitrogens with two attached hydrogens (primary N) is 1. The quantitative estimate of drug-likeness (QED) is 0.810. The summed E-state index contributed by atoms with van der Waals surface area (Å²) in [5, 5.41) is 0. The molecule has 2 fully saturated rings. The smallest absolute Gasteiger partial charge is 0.228 e. The Morgan fingerprint density at radius 1 is 1.47 bits per heavy atom. The van der Waals surface area contributed by atoms with Gasteiger partial charge >= 0.3 is 0 Å². The maximum absolute atomic E-state index is 12.3. The molecule has 2 aliphatic rings. The Balaban J connectivity index is 1.96. The molecule has 2 rings (SSSR count). The van der Waals surface area contributed by atoms with Gasteiger partial charge < -0.3 is 15.5 Å². The summed E-state index contributed by atoms with van der Waals surface area (Å²) >= 11 is 0. The number of likely N-dealkylation sites (tertiary alicyclic amines) is 1. The van der Waals surface area contributed by atoms with E-state index in [0.717, 1.165) is 12.8 Å². The zero-order chi connectivity index (χ0) is 14.0. The molecule has 2 N–H and O–H groups in total. The van der Waals surface area contributed by atoms with Gasteiger partial charge in [-0.15, -0.1) is 0 Å². The Bertz CT molecular complexity index is 353. The van der Waals surface area contributed by atoms with Crippen LogP contribution in [0.4, 0.5) is 0 Å². The van der Waals surface area contributed by atoms with Gasteiger partial charge in [-0.2, -0.15) is 0 Å². The fourth-order valence-corrected chi connectivity index (χ4v) is 3.13. The minimum absolute atomic E-state index is 0.0307. The van der Waals surface area contributed by atoms with E-state index in [1.54, 1.807) is 11.9 Å². The molecule has 5 heteroatoms. The lowest BCUT2D eigenvalue weighted by atomic mass is 10.1. The first kappa shape index (κ1) is 14.3. The summed E-state index contributed by atoms with van der Waals surface area (Å²) in [6.45, 7) is 2.99.